The van der Waals surface area contributed by atoms with Crippen molar-refractivity contribution in [2.75, 3.05) is 13.7 Å². The molecule has 0 aromatic heterocycles. The van der Waals surface area contributed by atoms with Gasteiger partial charge in [0.15, 0.2) is 5.78 Å². The third-order valence-electron chi connectivity index (χ3n) is 0.954. The molecule has 0 amide bonds. The van der Waals surface area contributed by atoms with Gasteiger partial charge in [0.1, 0.15) is 6.61 Å². The monoisotopic (exact) mass is 168 g/mol. The second kappa shape index (κ2) is 3.52. The molecule has 5 heteroatoms. The molecule has 0 aliphatic heterocycles. The maximum Gasteiger partial charge on any atom is 0.419 e. The van der Waals surface area contributed by atoms with E-state index in [0.29, 0.717) is 0 Å². The smallest absolute Gasteiger partial charge is 0.377 e. The number of hydrogen-bond acceptors (Lipinski definition) is 2. The van der Waals surface area contributed by atoms with Crippen molar-refractivity contribution >= 4 is 5.78 Å². The van der Waals surface area contributed by atoms with Gasteiger partial charge in [-0.05, 0) is 0 Å². The molecule has 0 radical (unpaired) electrons. The summed E-state index contributed by atoms with van der Waals surface area (Å²) in [4.78, 5) is 10.4. The summed E-state index contributed by atoms with van der Waals surface area (Å²) in [5.41, 5.74) is -1.38. The molecule has 0 atom stereocenters. The van der Waals surface area contributed by atoms with Gasteiger partial charge in [0, 0.05) is 7.11 Å². The first-order valence-electron chi connectivity index (χ1n) is 2.68. The molecule has 0 spiro atoms. The van der Waals surface area contributed by atoms with Gasteiger partial charge in [-0.15, -0.1) is 0 Å². The number of methoxy groups -OCH3 is 1. The molecule has 0 aliphatic carbocycles. The lowest BCUT2D eigenvalue weighted by atomic mass is 10.2. The third kappa shape index (κ3) is 3.18. The van der Waals surface area contributed by atoms with Crippen LogP contribution >= 0.6 is 0 Å². The number of hydrogen-bond donors (Lipinski definition) is 0. The second-order valence-electron chi connectivity index (χ2n) is 1.83. The van der Waals surface area contributed by atoms with Crippen LogP contribution in [-0.4, -0.2) is 25.7 Å². The molecule has 0 rings (SSSR count). The minimum Gasteiger partial charge on any atom is -0.377 e. The van der Waals surface area contributed by atoms with E-state index in [1.807, 2.05) is 0 Å². The van der Waals surface area contributed by atoms with Crippen LogP contribution < -0.4 is 0 Å². The molecule has 2 nitrogen and oxygen atoms in total. The summed E-state index contributed by atoms with van der Waals surface area (Å²) < 4.78 is 39.2. The number of alkyl halides is 3. The van der Waals surface area contributed by atoms with E-state index in [0.717, 1.165) is 7.11 Å². The molecule has 0 saturated carbocycles. The first-order chi connectivity index (χ1) is 4.89. The lowest BCUT2D eigenvalue weighted by Gasteiger charge is -2.07. The topological polar surface area (TPSA) is 26.3 Å². The van der Waals surface area contributed by atoms with Gasteiger partial charge in [-0.3, -0.25) is 4.79 Å². The Morgan fingerprint density at radius 1 is 1.55 bits per heavy atom. The normalized spacial score (nSPS) is 11.3. The van der Waals surface area contributed by atoms with Crippen molar-refractivity contribution in [3.05, 3.63) is 12.2 Å². The molecule has 0 saturated heterocycles. The van der Waals surface area contributed by atoms with E-state index < -0.39 is 24.1 Å². The van der Waals surface area contributed by atoms with Crippen molar-refractivity contribution in [3.63, 3.8) is 0 Å². The number of rotatable bonds is 3. The van der Waals surface area contributed by atoms with Gasteiger partial charge < -0.3 is 4.74 Å². The molecule has 0 fully saturated rings. The predicted octanol–water partition coefficient (Wildman–Crippen LogP) is 1.32. The Hall–Kier alpha value is -0.840. The standard InChI is InChI=1S/C6H7F3O2/c1-4(6(7,8)9)5(10)3-11-2/h1,3H2,2H3. The number of carbonyl (C=O) groups excluding carboxylic acids is 1. The number of halogens is 3. The van der Waals surface area contributed by atoms with E-state index in [1.165, 1.54) is 0 Å². The zero-order chi connectivity index (χ0) is 9.07. The minimum atomic E-state index is -4.64. The van der Waals surface area contributed by atoms with Crippen molar-refractivity contribution in [1.29, 1.82) is 0 Å². The van der Waals surface area contributed by atoms with Gasteiger partial charge in [0.25, 0.3) is 0 Å². The minimum absolute atomic E-state index is 0.585. The van der Waals surface area contributed by atoms with Crippen LogP contribution in [0.1, 0.15) is 0 Å². The summed E-state index contributed by atoms with van der Waals surface area (Å²) in [6, 6.07) is 0. The van der Waals surface area contributed by atoms with E-state index >= 15 is 0 Å². The van der Waals surface area contributed by atoms with Crippen molar-refractivity contribution in [2.24, 2.45) is 0 Å². The van der Waals surface area contributed by atoms with Crippen molar-refractivity contribution < 1.29 is 22.7 Å². The summed E-state index contributed by atoms with van der Waals surface area (Å²) >= 11 is 0. The SMILES string of the molecule is C=C(C(=O)COC)C(F)(F)F. The van der Waals surface area contributed by atoms with E-state index in [2.05, 4.69) is 11.3 Å². The summed E-state index contributed by atoms with van der Waals surface area (Å²) in [6.45, 7) is 2.00. The average Bonchev–Trinajstić information content (AvgIpc) is 1.85. The van der Waals surface area contributed by atoms with Crippen LogP contribution in [0.25, 0.3) is 0 Å². The molecule has 11 heavy (non-hydrogen) atoms. The molecule has 0 unspecified atom stereocenters. The fourth-order valence-electron chi connectivity index (χ4n) is 0.376. The molecular formula is C6H7F3O2. The predicted molar refractivity (Wildman–Crippen MR) is 32.1 cm³/mol. The van der Waals surface area contributed by atoms with Crippen LogP contribution in [0.3, 0.4) is 0 Å². The highest BCUT2D eigenvalue weighted by atomic mass is 19.4. The maximum atomic E-state index is 11.6. The summed E-state index contributed by atoms with van der Waals surface area (Å²) in [5, 5.41) is 0. The zero-order valence-electron chi connectivity index (χ0n) is 5.86. The van der Waals surface area contributed by atoms with Gasteiger partial charge in [0.2, 0.25) is 0 Å². The molecule has 0 N–H and O–H groups in total. The molecule has 0 aromatic carbocycles. The highest BCUT2D eigenvalue weighted by molar-refractivity contribution is 5.96. The number of ether oxygens (including phenoxy) is 1. The Morgan fingerprint density at radius 3 is 2.27 bits per heavy atom. The highest BCUT2D eigenvalue weighted by Crippen LogP contribution is 2.24. The fourth-order valence-corrected chi connectivity index (χ4v) is 0.376. The molecule has 0 bridgehead atoms. The first-order valence-corrected chi connectivity index (χ1v) is 2.68. The van der Waals surface area contributed by atoms with Gasteiger partial charge >= 0.3 is 6.18 Å². The average molecular weight is 168 g/mol. The number of ketones is 1. The van der Waals surface area contributed by atoms with Crippen molar-refractivity contribution in [2.45, 2.75) is 6.18 Å². The third-order valence-corrected chi connectivity index (χ3v) is 0.954. The van der Waals surface area contributed by atoms with Gasteiger partial charge in [0.05, 0.1) is 5.57 Å². The maximum absolute atomic E-state index is 11.6. The Kier molecular flexibility index (Phi) is 3.25. The van der Waals surface area contributed by atoms with E-state index in [-0.39, 0.29) is 0 Å². The Labute approximate surface area is 61.6 Å². The Morgan fingerprint density at radius 2 is 2.00 bits per heavy atom. The first kappa shape index (κ1) is 10.2. The number of Topliss-reactive ketones (excluding diaryl/α,β-unsaturated/α-hetero) is 1. The molecule has 0 aliphatic rings. The van der Waals surface area contributed by atoms with E-state index in [9.17, 15) is 18.0 Å². The van der Waals surface area contributed by atoms with E-state index in [1.54, 1.807) is 0 Å². The van der Waals surface area contributed by atoms with Gasteiger partial charge in [-0.1, -0.05) is 6.58 Å². The van der Waals surface area contributed by atoms with Gasteiger partial charge in [-0.25, -0.2) is 0 Å². The van der Waals surface area contributed by atoms with Crippen molar-refractivity contribution in [3.8, 4) is 0 Å². The van der Waals surface area contributed by atoms with Crippen LogP contribution in [0.15, 0.2) is 12.2 Å². The van der Waals surface area contributed by atoms with Crippen LogP contribution in [0.5, 0.6) is 0 Å². The highest BCUT2D eigenvalue weighted by Gasteiger charge is 2.36. The van der Waals surface area contributed by atoms with Crippen LogP contribution in [0.2, 0.25) is 0 Å². The second-order valence-corrected chi connectivity index (χ2v) is 1.83. The lowest BCUT2D eigenvalue weighted by Crippen LogP contribution is -2.21. The molecule has 0 aromatic rings. The Balaban J connectivity index is 4.15. The number of carbonyl (C=O) groups is 1. The van der Waals surface area contributed by atoms with Crippen LogP contribution in [0, 0.1) is 0 Å². The lowest BCUT2D eigenvalue weighted by molar-refractivity contribution is -0.131. The van der Waals surface area contributed by atoms with E-state index in [4.69, 9.17) is 0 Å². The summed E-state index contributed by atoms with van der Waals surface area (Å²) in [5.74, 6) is -1.14. The summed E-state index contributed by atoms with van der Waals surface area (Å²) in [7, 11) is 1.14. The van der Waals surface area contributed by atoms with Crippen LogP contribution in [-0.2, 0) is 9.53 Å². The van der Waals surface area contributed by atoms with Crippen molar-refractivity contribution in [1.82, 2.24) is 0 Å². The summed E-state index contributed by atoms with van der Waals surface area (Å²) in [6.07, 6.45) is -4.64. The molecule has 0 heterocycles. The Bertz CT molecular complexity index is 171. The van der Waals surface area contributed by atoms with Crippen LogP contribution in [0.4, 0.5) is 13.2 Å². The fraction of sp³-hybridized carbons (Fsp3) is 0.500. The molecule has 64 valence electrons. The zero-order valence-corrected chi connectivity index (χ0v) is 5.86. The largest absolute Gasteiger partial charge is 0.419 e. The quantitative estimate of drug-likeness (QED) is 0.594. The van der Waals surface area contributed by atoms with Gasteiger partial charge in [-0.2, -0.15) is 13.2 Å². The molecular weight excluding hydrogens is 161 g/mol.